The second kappa shape index (κ2) is 26.8. The highest BCUT2D eigenvalue weighted by Gasteiger charge is 2.32. The molecule has 1 aliphatic carbocycles. The smallest absolute Gasteiger partial charge is 0.323 e. The first-order chi connectivity index (χ1) is 30.9. The van der Waals surface area contributed by atoms with E-state index < -0.39 is 42.1 Å². The molecule has 5 rings (SSSR count). The van der Waals surface area contributed by atoms with E-state index in [0.717, 1.165) is 61.0 Å². The fourth-order valence-electron chi connectivity index (χ4n) is 7.54. The Morgan fingerprint density at radius 1 is 0.677 bits per heavy atom. The quantitative estimate of drug-likeness (QED) is 0.0386. The Morgan fingerprint density at radius 3 is 1.57 bits per heavy atom. The van der Waals surface area contributed by atoms with Crippen LogP contribution in [0.2, 0.25) is 20.1 Å². The second-order valence-corrected chi connectivity index (χ2v) is 19.1. The third-order valence-electron chi connectivity index (χ3n) is 10.7. The minimum Gasteiger partial charge on any atom is -0.480 e. The monoisotopic (exact) mass is 978 g/mol. The molecule has 0 bridgehead atoms. The number of hydrogen-bond donors (Lipinski definition) is 4. The fourth-order valence-corrected chi connectivity index (χ4v) is 8.68. The van der Waals surface area contributed by atoms with E-state index in [1.54, 1.807) is 37.2 Å². The predicted octanol–water partition coefficient (Wildman–Crippen LogP) is 9.31. The molecule has 0 radical (unpaired) electrons. The van der Waals surface area contributed by atoms with Gasteiger partial charge in [-0.05, 0) is 104 Å². The van der Waals surface area contributed by atoms with Gasteiger partial charge in [0.25, 0.3) is 0 Å². The van der Waals surface area contributed by atoms with Crippen LogP contribution in [0.4, 0.5) is 0 Å². The molecule has 0 aliphatic heterocycles. The molecule has 1 saturated carbocycles. The van der Waals surface area contributed by atoms with Crippen molar-refractivity contribution in [2.24, 2.45) is 11.8 Å². The highest BCUT2D eigenvalue weighted by molar-refractivity contribution is 6.35. The van der Waals surface area contributed by atoms with Crippen molar-refractivity contribution in [3.05, 3.63) is 104 Å². The van der Waals surface area contributed by atoms with Gasteiger partial charge in [-0.1, -0.05) is 87.4 Å². The van der Waals surface area contributed by atoms with Crippen LogP contribution in [0.3, 0.4) is 0 Å². The number of nitrogens with one attached hydrogen (secondary N) is 2. The molecule has 2 aromatic carbocycles. The summed E-state index contributed by atoms with van der Waals surface area (Å²) in [6.07, 6.45) is 13.3. The molecule has 4 aromatic rings. The maximum atomic E-state index is 12.8. The summed E-state index contributed by atoms with van der Waals surface area (Å²) < 4.78 is 14.8. The van der Waals surface area contributed by atoms with Gasteiger partial charge in [-0.3, -0.25) is 29.8 Å². The summed E-state index contributed by atoms with van der Waals surface area (Å²) in [6.45, 7) is 11.1. The molecule has 65 heavy (non-hydrogen) atoms. The van der Waals surface area contributed by atoms with Crippen LogP contribution in [0.1, 0.15) is 109 Å². The molecular formula is C47H62Cl4N6O8. The molecule has 0 unspecified atom stereocenters. The van der Waals surface area contributed by atoms with E-state index >= 15 is 0 Å². The number of aliphatic carboxylic acids is 2. The average molecular weight is 981 g/mol. The average Bonchev–Trinajstić information content (AvgIpc) is 3.99. The van der Waals surface area contributed by atoms with E-state index in [1.807, 2.05) is 68.0 Å². The Labute approximate surface area is 401 Å². The van der Waals surface area contributed by atoms with Gasteiger partial charge in [0, 0.05) is 69.8 Å². The molecule has 2 heterocycles. The first kappa shape index (κ1) is 53.4. The molecule has 0 saturated heterocycles. The number of hydrogen-bond acceptors (Lipinski definition) is 10. The third kappa shape index (κ3) is 18.6. The maximum Gasteiger partial charge on any atom is 0.323 e. The molecule has 14 nitrogen and oxygen atoms in total. The van der Waals surface area contributed by atoms with Gasteiger partial charge < -0.3 is 28.8 Å². The minimum atomic E-state index is -1.03. The van der Waals surface area contributed by atoms with Gasteiger partial charge in [0.05, 0.1) is 19.3 Å². The number of carboxylic acids is 2. The Hall–Kier alpha value is -4.18. The largest absolute Gasteiger partial charge is 0.480 e. The van der Waals surface area contributed by atoms with Crippen LogP contribution in [0, 0.1) is 11.8 Å². The number of carboxylic acid groups (broad SMARTS) is 2. The number of carbonyl (C=O) groups excluding carboxylic acids is 2. The lowest BCUT2D eigenvalue weighted by molar-refractivity contribution is -0.153. The van der Waals surface area contributed by atoms with Crippen LogP contribution >= 0.6 is 46.4 Å². The molecule has 1 fully saturated rings. The predicted molar refractivity (Wildman–Crippen MR) is 253 cm³/mol. The number of ether oxygens (including phenoxy) is 2. The number of rotatable bonds is 24. The highest BCUT2D eigenvalue weighted by atomic mass is 35.5. The Balaban J connectivity index is 0.000000285. The molecular weight excluding hydrogens is 918 g/mol. The van der Waals surface area contributed by atoms with Crippen molar-refractivity contribution in [2.45, 2.75) is 142 Å². The van der Waals surface area contributed by atoms with Crippen LogP contribution < -0.4 is 10.6 Å². The minimum absolute atomic E-state index is 0.0665. The van der Waals surface area contributed by atoms with E-state index in [2.05, 4.69) is 20.6 Å². The molecule has 4 N–H and O–H groups in total. The van der Waals surface area contributed by atoms with E-state index in [9.17, 15) is 29.4 Å². The van der Waals surface area contributed by atoms with E-state index in [4.69, 9.17) is 55.9 Å². The number of esters is 2. The lowest BCUT2D eigenvalue weighted by Crippen LogP contribution is -2.50. The summed E-state index contributed by atoms with van der Waals surface area (Å²) in [5.41, 5.74) is 3.25. The molecule has 0 amide bonds. The summed E-state index contributed by atoms with van der Waals surface area (Å²) in [5.74, 6) is -2.51. The summed E-state index contributed by atoms with van der Waals surface area (Å²) in [7, 11) is 0. The lowest BCUT2D eigenvalue weighted by atomic mass is 10.0. The first-order valence-corrected chi connectivity index (χ1v) is 23.6. The van der Waals surface area contributed by atoms with Crippen LogP contribution in [0.5, 0.6) is 0 Å². The van der Waals surface area contributed by atoms with Gasteiger partial charge in [0.1, 0.15) is 30.3 Å². The number of nitrogens with zero attached hydrogens (tertiary/aromatic N) is 4. The van der Waals surface area contributed by atoms with Gasteiger partial charge in [0.15, 0.2) is 0 Å². The Kier molecular flexibility index (Phi) is 22.1. The highest BCUT2D eigenvalue weighted by Crippen LogP contribution is 2.24. The van der Waals surface area contributed by atoms with Crippen LogP contribution in [0.25, 0.3) is 0 Å². The second-order valence-electron chi connectivity index (χ2n) is 17.3. The van der Waals surface area contributed by atoms with Crippen LogP contribution in [-0.2, 0) is 54.6 Å². The SMILES string of the molecule is CC(C)C[C@H](N[C@@H](Cc1cncn1Cc1cc(Cl)cc(Cl)c1)C(=O)O)C(=O)OC1CCCC1.CCCCOC(=O)[C@H](Cc1cncn1Cc1cc(Cl)cc(Cl)c1)N[C@@H](CC(C)C)C(=O)O. The van der Waals surface area contributed by atoms with Crippen LogP contribution in [0.15, 0.2) is 61.4 Å². The van der Waals surface area contributed by atoms with Crippen molar-refractivity contribution in [1.82, 2.24) is 29.7 Å². The zero-order valence-corrected chi connectivity index (χ0v) is 40.7. The maximum absolute atomic E-state index is 12.8. The van der Waals surface area contributed by atoms with E-state index in [-0.39, 0.29) is 36.8 Å². The number of unbranched alkanes of at least 4 members (excludes halogenated alkanes) is 1. The zero-order valence-electron chi connectivity index (χ0n) is 37.7. The van der Waals surface area contributed by atoms with Gasteiger partial charge in [-0.2, -0.15) is 0 Å². The van der Waals surface area contributed by atoms with Gasteiger partial charge in [-0.15, -0.1) is 0 Å². The molecule has 1 aliphatic rings. The third-order valence-corrected chi connectivity index (χ3v) is 11.6. The molecule has 2 aromatic heterocycles. The number of benzene rings is 2. The van der Waals surface area contributed by atoms with Crippen molar-refractivity contribution in [2.75, 3.05) is 6.61 Å². The van der Waals surface area contributed by atoms with Gasteiger partial charge in [-0.25, -0.2) is 9.97 Å². The van der Waals surface area contributed by atoms with Crippen molar-refractivity contribution in [1.29, 1.82) is 0 Å². The fraction of sp³-hybridized carbons (Fsp3) is 0.532. The van der Waals surface area contributed by atoms with Crippen molar-refractivity contribution in [3.8, 4) is 0 Å². The number of imidazole rings is 2. The summed E-state index contributed by atoms with van der Waals surface area (Å²) in [6, 6.07) is 7.23. The summed E-state index contributed by atoms with van der Waals surface area (Å²) in [4.78, 5) is 57.9. The van der Waals surface area contributed by atoms with Crippen LogP contribution in [-0.4, -0.2) is 90.1 Å². The van der Waals surface area contributed by atoms with Crippen molar-refractivity contribution in [3.63, 3.8) is 0 Å². The van der Waals surface area contributed by atoms with Crippen molar-refractivity contribution < 1.29 is 38.9 Å². The topological polar surface area (TPSA) is 187 Å². The number of halogens is 4. The number of aromatic nitrogens is 4. The molecule has 356 valence electrons. The molecule has 0 spiro atoms. The normalized spacial score (nSPS) is 14.7. The Morgan fingerprint density at radius 2 is 1.12 bits per heavy atom. The van der Waals surface area contributed by atoms with Gasteiger partial charge in [0.2, 0.25) is 0 Å². The molecule has 4 atom stereocenters. The molecule has 18 heteroatoms. The zero-order chi connectivity index (χ0) is 47.6. The summed E-state index contributed by atoms with van der Waals surface area (Å²) >= 11 is 24.4. The number of carbonyl (C=O) groups is 4. The Bertz CT molecular complexity index is 2120. The van der Waals surface area contributed by atoms with Crippen molar-refractivity contribution >= 4 is 70.3 Å². The first-order valence-electron chi connectivity index (χ1n) is 22.1. The standard InChI is InChI=1S/C24H31Cl2N3O4.C23H31Cl2N3O4/c1-15(2)7-22(24(32)33-20-5-3-4-6-20)28-21(23(30)31)11-19-12-27-14-29(19)13-16-8-17(25)10-18(26)9-16;1-4-5-6-32-23(31)21(27-20(22(29)30)7-15(2)3)11-19-12-26-14-28(19)13-16-8-17(24)10-18(25)9-16/h8-10,12,14-15,20-22,28H,3-7,11,13H2,1-2H3,(H,30,31);8-10,12,14-15,20-21,27H,4-7,11,13H2,1-3H3,(H,29,30)/t21-,22-;20-,21-/m00/s1. The lowest BCUT2D eigenvalue weighted by Gasteiger charge is -2.25. The van der Waals surface area contributed by atoms with Gasteiger partial charge >= 0.3 is 23.9 Å². The summed E-state index contributed by atoms with van der Waals surface area (Å²) in [5, 5.41) is 27.7. The van der Waals surface area contributed by atoms with E-state index in [0.29, 0.717) is 52.6 Å². The van der Waals surface area contributed by atoms with E-state index in [1.165, 1.54) is 0 Å².